The van der Waals surface area contributed by atoms with E-state index in [1.54, 1.807) is 4.40 Å². The highest BCUT2D eigenvalue weighted by Gasteiger charge is 2.19. The molecular formula is C31H17N3O2. The highest BCUT2D eigenvalue weighted by Crippen LogP contribution is 2.35. The lowest BCUT2D eigenvalue weighted by Crippen LogP contribution is -2.14. The molecule has 0 spiro atoms. The van der Waals surface area contributed by atoms with Crippen LogP contribution in [-0.2, 0) is 0 Å². The summed E-state index contributed by atoms with van der Waals surface area (Å²) in [6, 6.07) is 33.1. The fourth-order valence-electron chi connectivity index (χ4n) is 5.74. The average Bonchev–Trinajstić information content (AvgIpc) is 3.32. The second kappa shape index (κ2) is 6.77. The van der Waals surface area contributed by atoms with Gasteiger partial charge in [0.05, 0.1) is 27.8 Å². The summed E-state index contributed by atoms with van der Waals surface area (Å²) in [4.78, 5) is 31.9. The highest BCUT2D eigenvalue weighted by molar-refractivity contribution is 6.18. The number of nitrogens with zero attached hydrogens (tertiary/aromatic N) is 3. The van der Waals surface area contributed by atoms with Gasteiger partial charge in [-0.15, -0.1) is 0 Å². The van der Waals surface area contributed by atoms with Gasteiger partial charge in [0.2, 0.25) is 0 Å². The lowest BCUT2D eigenvalue weighted by molar-refractivity contribution is 1.17. The topological polar surface area (TPSA) is 56.4 Å². The van der Waals surface area contributed by atoms with Crippen LogP contribution in [0.15, 0.2) is 113 Å². The molecule has 0 radical (unpaired) electrons. The Labute approximate surface area is 203 Å². The largest absolute Gasteiger partial charge is 0.308 e. The van der Waals surface area contributed by atoms with Crippen molar-refractivity contribution in [3.05, 3.63) is 124 Å². The minimum Gasteiger partial charge on any atom is -0.308 e. The first-order valence-corrected chi connectivity index (χ1v) is 11.8. The maximum Gasteiger partial charge on any atom is 0.264 e. The summed E-state index contributed by atoms with van der Waals surface area (Å²) >= 11 is 0. The van der Waals surface area contributed by atoms with E-state index in [9.17, 15) is 9.59 Å². The fourth-order valence-corrected chi connectivity index (χ4v) is 5.74. The molecular weight excluding hydrogens is 446 g/mol. The van der Waals surface area contributed by atoms with Gasteiger partial charge in [-0.2, -0.15) is 0 Å². The zero-order valence-electron chi connectivity index (χ0n) is 19.0. The number of pyridine rings is 2. The van der Waals surface area contributed by atoms with Crippen LogP contribution < -0.4 is 11.0 Å². The van der Waals surface area contributed by atoms with Crippen LogP contribution in [0.3, 0.4) is 0 Å². The molecule has 3 heterocycles. The van der Waals surface area contributed by atoms with Crippen molar-refractivity contribution in [2.24, 2.45) is 0 Å². The third kappa shape index (κ3) is 2.31. The van der Waals surface area contributed by atoms with E-state index in [-0.39, 0.29) is 11.0 Å². The maximum atomic E-state index is 13.8. The first-order chi connectivity index (χ1) is 17.7. The third-order valence-corrected chi connectivity index (χ3v) is 7.27. The van der Waals surface area contributed by atoms with Crippen molar-refractivity contribution in [2.45, 2.75) is 0 Å². The first kappa shape index (κ1) is 19.3. The molecule has 0 fully saturated rings. The van der Waals surface area contributed by atoms with Gasteiger partial charge in [0, 0.05) is 32.3 Å². The van der Waals surface area contributed by atoms with Crippen molar-refractivity contribution < 1.29 is 0 Å². The molecule has 0 aliphatic heterocycles. The molecule has 5 heteroatoms. The van der Waals surface area contributed by atoms with Gasteiger partial charge < -0.3 is 4.57 Å². The lowest BCUT2D eigenvalue weighted by Gasteiger charge is -2.18. The lowest BCUT2D eigenvalue weighted by atomic mass is 10.00. The Hall–Kier alpha value is -5.03. The van der Waals surface area contributed by atoms with Crippen molar-refractivity contribution in [2.75, 3.05) is 0 Å². The number of para-hydroxylation sites is 4. The molecule has 5 aromatic carbocycles. The van der Waals surface area contributed by atoms with Crippen molar-refractivity contribution in [3.8, 4) is 5.69 Å². The van der Waals surface area contributed by atoms with Crippen LogP contribution in [0.2, 0.25) is 0 Å². The van der Waals surface area contributed by atoms with Gasteiger partial charge >= 0.3 is 0 Å². The summed E-state index contributed by atoms with van der Waals surface area (Å²) in [6.45, 7) is 0. The number of hydrogen-bond donors (Lipinski definition) is 0. The molecule has 168 valence electrons. The Kier molecular flexibility index (Phi) is 3.63. The molecule has 3 aromatic heterocycles. The Bertz CT molecular complexity index is 2250. The number of rotatable bonds is 1. The number of imidazole rings is 1. The van der Waals surface area contributed by atoms with Crippen LogP contribution in [0.5, 0.6) is 0 Å². The molecule has 0 aliphatic rings. The standard InChI is InChI=1S/C31H17N3O2/c35-29-19-8-1-4-13-24(19)33(25-14-5-2-9-20(25)29)26-17-16-22-28-18(26)10-7-11-21(28)30-32-23-12-3-6-15-27(23)34(30)31(22)36/h1-17H. The molecule has 0 saturated heterocycles. The van der Waals surface area contributed by atoms with Gasteiger partial charge in [-0.25, -0.2) is 4.98 Å². The average molecular weight is 463 g/mol. The number of fused-ring (bicyclic) bond motifs is 6. The van der Waals surface area contributed by atoms with Gasteiger partial charge in [0.1, 0.15) is 5.65 Å². The zero-order chi connectivity index (χ0) is 24.0. The number of hydrogen-bond acceptors (Lipinski definition) is 3. The van der Waals surface area contributed by atoms with Crippen molar-refractivity contribution in [1.29, 1.82) is 0 Å². The first-order valence-electron chi connectivity index (χ1n) is 11.8. The zero-order valence-corrected chi connectivity index (χ0v) is 19.0. The SMILES string of the molecule is O=c1c2ccccc2n(-c2ccc3c(=O)n4c5ccccc5nc4c4cccc2c34)c2ccccc12. The second-order valence-electron chi connectivity index (χ2n) is 9.12. The molecule has 0 N–H and O–H groups in total. The Morgan fingerprint density at radius 2 is 1.14 bits per heavy atom. The summed E-state index contributed by atoms with van der Waals surface area (Å²) in [5.41, 5.74) is 4.77. The molecule has 0 saturated carbocycles. The van der Waals surface area contributed by atoms with E-state index in [0.29, 0.717) is 21.8 Å². The number of aromatic nitrogens is 3. The third-order valence-electron chi connectivity index (χ3n) is 7.27. The molecule has 0 unspecified atom stereocenters. The van der Waals surface area contributed by atoms with Crippen molar-refractivity contribution >= 4 is 60.0 Å². The molecule has 36 heavy (non-hydrogen) atoms. The minimum absolute atomic E-state index is 0.0177. The molecule has 0 aliphatic carbocycles. The normalized spacial score (nSPS) is 12.1. The Morgan fingerprint density at radius 1 is 0.528 bits per heavy atom. The molecule has 8 aromatic rings. The number of benzene rings is 5. The smallest absolute Gasteiger partial charge is 0.264 e. The summed E-state index contributed by atoms with van der Waals surface area (Å²) in [7, 11) is 0. The van der Waals surface area contributed by atoms with Crippen molar-refractivity contribution in [3.63, 3.8) is 0 Å². The van der Waals surface area contributed by atoms with Crippen molar-refractivity contribution in [1.82, 2.24) is 14.0 Å². The van der Waals surface area contributed by atoms with Crippen LogP contribution in [0.25, 0.3) is 65.7 Å². The van der Waals surface area contributed by atoms with Crippen LogP contribution in [0.4, 0.5) is 0 Å². The summed E-state index contributed by atoms with van der Waals surface area (Å²) in [6.07, 6.45) is 0. The van der Waals surface area contributed by atoms with Gasteiger partial charge in [-0.05, 0) is 48.5 Å². The van der Waals surface area contributed by atoms with Gasteiger partial charge in [0.25, 0.3) is 5.56 Å². The van der Waals surface area contributed by atoms with E-state index >= 15 is 0 Å². The molecule has 8 rings (SSSR count). The van der Waals surface area contributed by atoms with Crippen LogP contribution in [0, 0.1) is 0 Å². The Balaban J connectivity index is 1.62. The maximum absolute atomic E-state index is 13.8. The molecule has 0 atom stereocenters. The molecule has 0 bridgehead atoms. The van der Waals surface area contributed by atoms with E-state index < -0.39 is 0 Å². The predicted molar refractivity (Wildman–Crippen MR) is 146 cm³/mol. The summed E-state index contributed by atoms with van der Waals surface area (Å²) < 4.78 is 3.85. The van der Waals surface area contributed by atoms with Crippen LogP contribution in [-0.4, -0.2) is 14.0 Å². The molecule has 0 amide bonds. The monoisotopic (exact) mass is 463 g/mol. The van der Waals surface area contributed by atoms with E-state index in [1.165, 1.54) is 0 Å². The van der Waals surface area contributed by atoms with Gasteiger partial charge in [-0.3, -0.25) is 14.0 Å². The Morgan fingerprint density at radius 3 is 1.89 bits per heavy atom. The minimum atomic E-state index is -0.0800. The summed E-state index contributed by atoms with van der Waals surface area (Å²) in [5, 5.41) is 4.72. The van der Waals surface area contributed by atoms with E-state index in [1.807, 2.05) is 103 Å². The predicted octanol–water partition coefficient (Wildman–Crippen LogP) is 6.05. The quantitative estimate of drug-likeness (QED) is 0.279. The van der Waals surface area contributed by atoms with Crippen LogP contribution in [0.1, 0.15) is 0 Å². The summed E-state index contributed by atoms with van der Waals surface area (Å²) in [5.74, 6) is 0. The highest BCUT2D eigenvalue weighted by atomic mass is 16.1. The van der Waals surface area contributed by atoms with Gasteiger partial charge in [-0.1, -0.05) is 54.6 Å². The van der Waals surface area contributed by atoms with Gasteiger partial charge in [0.15, 0.2) is 5.43 Å². The van der Waals surface area contributed by atoms with E-state index in [4.69, 9.17) is 4.98 Å². The van der Waals surface area contributed by atoms with Crippen LogP contribution >= 0.6 is 0 Å². The van der Waals surface area contributed by atoms with E-state index in [2.05, 4.69) is 4.57 Å². The van der Waals surface area contributed by atoms with E-state index in [0.717, 1.165) is 43.9 Å². The molecule has 5 nitrogen and oxygen atoms in total. The fraction of sp³-hybridized carbons (Fsp3) is 0. The second-order valence-corrected chi connectivity index (χ2v) is 9.12.